The Morgan fingerprint density at radius 2 is 2.12 bits per heavy atom. The number of aromatic nitrogens is 2. The minimum absolute atomic E-state index is 0.00630. The molecule has 1 fully saturated rings. The van der Waals surface area contributed by atoms with Crippen molar-refractivity contribution in [1.82, 2.24) is 20.2 Å². The summed E-state index contributed by atoms with van der Waals surface area (Å²) < 4.78 is 5.42. The van der Waals surface area contributed by atoms with Gasteiger partial charge in [0.15, 0.2) is 0 Å². The van der Waals surface area contributed by atoms with Gasteiger partial charge in [0.1, 0.15) is 11.7 Å². The van der Waals surface area contributed by atoms with Gasteiger partial charge in [-0.25, -0.2) is 9.97 Å². The van der Waals surface area contributed by atoms with Crippen LogP contribution in [0.5, 0.6) is 0 Å². The van der Waals surface area contributed by atoms with Crippen molar-refractivity contribution >= 4 is 52.3 Å². The summed E-state index contributed by atoms with van der Waals surface area (Å²) in [5, 5.41) is 10.8. The van der Waals surface area contributed by atoms with Gasteiger partial charge in [0.05, 0.1) is 34.2 Å². The molecule has 214 valence electrons. The number of azide groups is 1. The van der Waals surface area contributed by atoms with Gasteiger partial charge in [-0.3, -0.25) is 9.59 Å². The monoisotopic (exact) mass is 614 g/mol. The van der Waals surface area contributed by atoms with Gasteiger partial charge >= 0.3 is 0 Å². The fourth-order valence-electron chi connectivity index (χ4n) is 4.90. The maximum Gasteiger partial charge on any atom is 0.255 e. The van der Waals surface area contributed by atoms with E-state index in [4.69, 9.17) is 33.5 Å². The number of nitrogens with zero attached hydrogens (tertiary/aromatic N) is 6. The number of hydrogen-bond donors (Lipinski definition) is 2. The van der Waals surface area contributed by atoms with Crippen LogP contribution in [0.25, 0.3) is 21.0 Å². The third kappa shape index (κ3) is 6.74. The first-order valence-electron chi connectivity index (χ1n) is 13.2. The van der Waals surface area contributed by atoms with Crippen molar-refractivity contribution in [3.8, 4) is 10.6 Å². The molecule has 2 atom stereocenters. The van der Waals surface area contributed by atoms with E-state index in [9.17, 15) is 9.59 Å². The van der Waals surface area contributed by atoms with Crippen molar-refractivity contribution in [2.45, 2.75) is 44.3 Å². The van der Waals surface area contributed by atoms with Crippen LogP contribution in [0, 0.1) is 0 Å². The minimum Gasteiger partial charge on any atom is -0.381 e. The molecule has 1 unspecified atom stereocenters. The number of ether oxygens (including phenoxy) is 1. The zero-order valence-electron chi connectivity index (χ0n) is 22.2. The summed E-state index contributed by atoms with van der Waals surface area (Å²) in [6.07, 6.45) is 3.90. The standard InChI is InChI=1S/C27H28Cl2N8O3S/c1-15(25(38)34-21(14-32-36-30)16-3-2-4-17(28)11-16)37-8-5-22-19(26(37)39)12-23(41-22)24-20(29)13-31-27(35-24)33-18-6-9-40-10-7-18/h2-4,11-13,15,18,21H,5-10,14H2,1H3,(H,34,38)(H,31,33,35)/t15?,21-/m1/s1. The van der Waals surface area contributed by atoms with Gasteiger partial charge in [-0.1, -0.05) is 40.4 Å². The number of halogens is 2. The van der Waals surface area contributed by atoms with Crippen molar-refractivity contribution in [2.75, 3.05) is 31.6 Å². The van der Waals surface area contributed by atoms with Crippen molar-refractivity contribution in [2.24, 2.45) is 5.11 Å². The van der Waals surface area contributed by atoms with Crippen molar-refractivity contribution < 1.29 is 14.3 Å². The van der Waals surface area contributed by atoms with E-state index in [1.54, 1.807) is 48.4 Å². The predicted molar refractivity (Wildman–Crippen MR) is 158 cm³/mol. The summed E-state index contributed by atoms with van der Waals surface area (Å²) in [6, 6.07) is 7.65. The molecular formula is C27H28Cl2N8O3S. The molecule has 2 aliphatic heterocycles. The molecule has 2 amide bonds. The highest BCUT2D eigenvalue weighted by Crippen LogP contribution is 2.37. The fraction of sp³-hybridized carbons (Fsp3) is 0.407. The zero-order chi connectivity index (χ0) is 28.9. The molecule has 11 nitrogen and oxygen atoms in total. The van der Waals surface area contributed by atoms with Gasteiger partial charge < -0.3 is 20.3 Å². The molecule has 2 N–H and O–H groups in total. The summed E-state index contributed by atoms with van der Waals surface area (Å²) >= 11 is 14.1. The van der Waals surface area contributed by atoms with E-state index in [1.165, 1.54) is 11.3 Å². The lowest BCUT2D eigenvalue weighted by molar-refractivity contribution is -0.125. The zero-order valence-corrected chi connectivity index (χ0v) is 24.5. The summed E-state index contributed by atoms with van der Waals surface area (Å²) in [5.41, 5.74) is 10.6. The van der Waals surface area contributed by atoms with E-state index in [-0.39, 0.29) is 24.4 Å². The number of carbonyl (C=O) groups is 2. The first-order chi connectivity index (χ1) is 19.8. The molecule has 0 bridgehead atoms. The largest absolute Gasteiger partial charge is 0.381 e. The van der Waals surface area contributed by atoms with E-state index in [0.717, 1.165) is 22.6 Å². The second-order valence-electron chi connectivity index (χ2n) is 9.82. The average Bonchev–Trinajstić information content (AvgIpc) is 3.42. The molecule has 3 aromatic rings. The Morgan fingerprint density at radius 3 is 2.88 bits per heavy atom. The molecular weight excluding hydrogens is 587 g/mol. The summed E-state index contributed by atoms with van der Waals surface area (Å²) in [7, 11) is 0. The van der Waals surface area contributed by atoms with E-state index in [2.05, 4.69) is 30.6 Å². The van der Waals surface area contributed by atoms with E-state index >= 15 is 0 Å². The van der Waals surface area contributed by atoms with Gasteiger partial charge in [0.25, 0.3) is 5.91 Å². The number of nitrogens with one attached hydrogen (secondary N) is 2. The molecule has 0 spiro atoms. The lowest BCUT2D eigenvalue weighted by atomic mass is 10.0. The fourth-order valence-corrected chi connectivity index (χ4v) is 6.50. The Bertz CT molecular complexity index is 1490. The summed E-state index contributed by atoms with van der Waals surface area (Å²) in [5.74, 6) is -0.120. The van der Waals surface area contributed by atoms with Gasteiger partial charge in [0.2, 0.25) is 11.9 Å². The number of hydrogen-bond acceptors (Lipinski definition) is 8. The van der Waals surface area contributed by atoms with Crippen LogP contribution in [0.3, 0.4) is 0 Å². The maximum atomic E-state index is 13.6. The van der Waals surface area contributed by atoms with Crippen LogP contribution in [-0.4, -0.2) is 65.1 Å². The number of carbonyl (C=O) groups excluding carboxylic acids is 2. The normalized spacial score (nSPS) is 16.9. The van der Waals surface area contributed by atoms with Gasteiger partial charge in [-0.2, -0.15) is 0 Å². The van der Waals surface area contributed by atoms with Crippen LogP contribution in [0.2, 0.25) is 10.0 Å². The molecule has 14 heteroatoms. The highest BCUT2D eigenvalue weighted by atomic mass is 35.5. The van der Waals surface area contributed by atoms with Gasteiger partial charge in [-0.15, -0.1) is 11.3 Å². The molecule has 2 aromatic heterocycles. The lowest BCUT2D eigenvalue weighted by Gasteiger charge is -2.32. The lowest BCUT2D eigenvalue weighted by Crippen LogP contribution is -2.51. The van der Waals surface area contributed by atoms with E-state index < -0.39 is 12.1 Å². The first kappa shape index (κ1) is 29.1. The van der Waals surface area contributed by atoms with Crippen LogP contribution in [-0.2, 0) is 16.0 Å². The van der Waals surface area contributed by atoms with Crippen molar-refractivity contribution in [1.29, 1.82) is 0 Å². The minimum atomic E-state index is -0.760. The van der Waals surface area contributed by atoms with Crippen LogP contribution in [0.1, 0.15) is 46.6 Å². The molecule has 0 radical (unpaired) electrons. The first-order valence-corrected chi connectivity index (χ1v) is 14.8. The van der Waals surface area contributed by atoms with Gasteiger partial charge in [-0.05, 0) is 49.1 Å². The van der Waals surface area contributed by atoms with Crippen molar-refractivity contribution in [3.05, 3.63) is 73.0 Å². The van der Waals surface area contributed by atoms with E-state index in [0.29, 0.717) is 59.0 Å². The smallest absolute Gasteiger partial charge is 0.255 e. The number of anilines is 1. The Hall–Kier alpha value is -3.41. The molecule has 0 aliphatic carbocycles. The summed E-state index contributed by atoms with van der Waals surface area (Å²) in [6.45, 7) is 3.46. The Morgan fingerprint density at radius 1 is 1.32 bits per heavy atom. The number of amides is 2. The molecule has 0 saturated carbocycles. The highest BCUT2D eigenvalue weighted by molar-refractivity contribution is 7.16. The van der Waals surface area contributed by atoms with Crippen LogP contribution >= 0.6 is 34.5 Å². The number of fused-ring (bicyclic) bond motifs is 1. The quantitative estimate of drug-likeness (QED) is 0.181. The highest BCUT2D eigenvalue weighted by Gasteiger charge is 2.34. The molecule has 1 saturated heterocycles. The Labute approximate surface area is 250 Å². The number of benzene rings is 1. The third-order valence-electron chi connectivity index (χ3n) is 7.15. The SMILES string of the molecule is CC(C(=O)N[C@H](CN=[N+]=[N-])c1cccc(Cl)c1)N1CCc2sc(-c3nc(NC4CCOCC4)ncc3Cl)cc2C1=O. The molecule has 4 heterocycles. The maximum absolute atomic E-state index is 13.6. The second-order valence-corrected chi connectivity index (χ2v) is 11.8. The molecule has 5 rings (SSSR count). The van der Waals surface area contributed by atoms with Crippen LogP contribution in [0.15, 0.2) is 41.6 Å². The summed E-state index contributed by atoms with van der Waals surface area (Å²) in [4.78, 5) is 41.9. The Balaban J connectivity index is 1.31. The molecule has 1 aromatic carbocycles. The van der Waals surface area contributed by atoms with Gasteiger partial charge in [0, 0.05) is 47.0 Å². The van der Waals surface area contributed by atoms with E-state index in [1.807, 2.05) is 0 Å². The molecule has 2 aliphatic rings. The third-order valence-corrected chi connectivity index (χ3v) is 8.87. The Kier molecular flexibility index (Phi) is 9.26. The predicted octanol–water partition coefficient (Wildman–Crippen LogP) is 5.66. The van der Waals surface area contributed by atoms with Crippen LogP contribution in [0.4, 0.5) is 5.95 Å². The topological polar surface area (TPSA) is 145 Å². The van der Waals surface area contributed by atoms with Crippen LogP contribution < -0.4 is 10.6 Å². The molecule has 41 heavy (non-hydrogen) atoms. The second kappa shape index (κ2) is 13.1. The number of thiophene rings is 1. The van der Waals surface area contributed by atoms with Crippen molar-refractivity contribution in [3.63, 3.8) is 0 Å². The number of rotatable bonds is 9. The average molecular weight is 616 g/mol.